The molecule has 0 amide bonds. The van der Waals surface area contributed by atoms with Crippen LogP contribution in [-0.2, 0) is 9.47 Å². The van der Waals surface area contributed by atoms with Crippen molar-refractivity contribution in [3.05, 3.63) is 0 Å². The summed E-state index contributed by atoms with van der Waals surface area (Å²) < 4.78 is 9.26. The zero-order chi connectivity index (χ0) is 11.0. The minimum absolute atomic E-state index is 0.144. The molecule has 0 spiro atoms. The summed E-state index contributed by atoms with van der Waals surface area (Å²) in [5.41, 5.74) is 0. The van der Waals surface area contributed by atoms with Crippen LogP contribution in [-0.4, -0.2) is 41.8 Å². The van der Waals surface area contributed by atoms with Crippen LogP contribution >= 0.6 is 0 Å². The zero-order valence-electron chi connectivity index (χ0n) is 8.60. The molecule has 0 heterocycles. The summed E-state index contributed by atoms with van der Waals surface area (Å²) >= 11 is 0. The lowest BCUT2D eigenvalue weighted by Crippen LogP contribution is -2.14. The zero-order valence-corrected chi connectivity index (χ0v) is 8.60. The van der Waals surface area contributed by atoms with Gasteiger partial charge in [-0.25, -0.2) is 4.79 Å². The molecule has 2 atom stereocenters. The first-order valence-electron chi connectivity index (χ1n) is 4.68. The molecule has 0 bridgehead atoms. The Balaban J connectivity index is 3.28. The molecule has 84 valence electrons. The van der Waals surface area contributed by atoms with Crippen LogP contribution in [0.2, 0.25) is 0 Å². The van der Waals surface area contributed by atoms with Gasteiger partial charge in [-0.1, -0.05) is 0 Å². The quantitative estimate of drug-likeness (QED) is 0.625. The van der Waals surface area contributed by atoms with E-state index in [0.717, 1.165) is 0 Å². The van der Waals surface area contributed by atoms with E-state index in [2.05, 4.69) is 9.47 Å². The van der Waals surface area contributed by atoms with Crippen molar-refractivity contribution in [1.82, 2.24) is 0 Å². The van der Waals surface area contributed by atoms with Gasteiger partial charge < -0.3 is 19.7 Å². The highest BCUT2D eigenvalue weighted by molar-refractivity contribution is 5.59. The molecular weight excluding hydrogens is 188 g/mol. The van der Waals surface area contributed by atoms with E-state index in [1.54, 1.807) is 13.8 Å². The Morgan fingerprint density at radius 2 is 1.43 bits per heavy atom. The molecule has 0 saturated heterocycles. The van der Waals surface area contributed by atoms with E-state index < -0.39 is 18.4 Å². The summed E-state index contributed by atoms with van der Waals surface area (Å²) in [6.45, 7) is 3.51. The lowest BCUT2D eigenvalue weighted by Gasteiger charge is -2.07. The maximum Gasteiger partial charge on any atom is 0.508 e. The van der Waals surface area contributed by atoms with Crippen molar-refractivity contribution < 1.29 is 24.5 Å². The summed E-state index contributed by atoms with van der Waals surface area (Å²) in [7, 11) is 0. The topological polar surface area (TPSA) is 76.0 Å². The minimum Gasteiger partial charge on any atom is -0.434 e. The van der Waals surface area contributed by atoms with Gasteiger partial charge in [-0.15, -0.1) is 0 Å². The summed E-state index contributed by atoms with van der Waals surface area (Å²) in [5.74, 6) is 0. The molecule has 14 heavy (non-hydrogen) atoms. The van der Waals surface area contributed by atoms with Crippen molar-refractivity contribution in [1.29, 1.82) is 0 Å². The average molecular weight is 206 g/mol. The van der Waals surface area contributed by atoms with Gasteiger partial charge in [-0.05, 0) is 13.8 Å². The summed E-state index contributed by atoms with van der Waals surface area (Å²) in [6, 6.07) is 0. The molecule has 0 rings (SSSR count). The third-order valence-corrected chi connectivity index (χ3v) is 1.51. The van der Waals surface area contributed by atoms with Crippen LogP contribution in [0.15, 0.2) is 0 Å². The van der Waals surface area contributed by atoms with Gasteiger partial charge in [0.15, 0.2) is 0 Å². The smallest absolute Gasteiger partial charge is 0.434 e. The first-order chi connectivity index (χ1) is 6.52. The van der Waals surface area contributed by atoms with Crippen molar-refractivity contribution in [2.75, 3.05) is 13.2 Å². The molecule has 0 radical (unpaired) electrons. The molecule has 5 heteroatoms. The molecule has 0 aliphatic heterocycles. The lowest BCUT2D eigenvalue weighted by atomic mass is 10.3. The van der Waals surface area contributed by atoms with Gasteiger partial charge >= 0.3 is 6.16 Å². The van der Waals surface area contributed by atoms with Gasteiger partial charge in [0.2, 0.25) is 0 Å². The van der Waals surface area contributed by atoms with Crippen LogP contribution in [0.25, 0.3) is 0 Å². The van der Waals surface area contributed by atoms with Crippen molar-refractivity contribution in [2.45, 2.75) is 38.9 Å². The number of aliphatic hydroxyl groups excluding tert-OH is 2. The second-order valence-electron chi connectivity index (χ2n) is 3.22. The van der Waals surface area contributed by atoms with Crippen LogP contribution in [0.1, 0.15) is 26.7 Å². The van der Waals surface area contributed by atoms with E-state index in [1.807, 2.05) is 0 Å². The molecule has 0 aromatic carbocycles. The molecule has 0 aromatic rings. The minimum atomic E-state index is -0.758. The molecule has 0 saturated carbocycles. The largest absolute Gasteiger partial charge is 0.508 e. The van der Waals surface area contributed by atoms with Crippen molar-refractivity contribution in [2.24, 2.45) is 0 Å². The second kappa shape index (κ2) is 7.58. The maximum atomic E-state index is 10.8. The molecule has 2 N–H and O–H groups in total. The number of ether oxygens (including phenoxy) is 2. The van der Waals surface area contributed by atoms with Crippen molar-refractivity contribution in [3.63, 3.8) is 0 Å². The van der Waals surface area contributed by atoms with E-state index in [9.17, 15) is 4.79 Å². The fourth-order valence-corrected chi connectivity index (χ4v) is 0.667. The van der Waals surface area contributed by atoms with Gasteiger partial charge in [-0.3, -0.25) is 0 Å². The fraction of sp³-hybridized carbons (Fsp3) is 0.889. The third kappa shape index (κ3) is 9.28. The molecule has 0 fully saturated rings. The van der Waals surface area contributed by atoms with E-state index in [1.165, 1.54) is 0 Å². The Bertz CT molecular complexity index is 139. The van der Waals surface area contributed by atoms with Gasteiger partial charge in [0.1, 0.15) is 0 Å². The number of rotatable bonds is 6. The van der Waals surface area contributed by atoms with Gasteiger partial charge in [0.05, 0.1) is 25.4 Å². The average Bonchev–Trinajstić information content (AvgIpc) is 2.02. The molecule has 5 nitrogen and oxygen atoms in total. The van der Waals surface area contributed by atoms with E-state index >= 15 is 0 Å². The molecule has 0 aliphatic carbocycles. The summed E-state index contributed by atoms with van der Waals surface area (Å²) in [4.78, 5) is 10.8. The van der Waals surface area contributed by atoms with Gasteiger partial charge in [-0.2, -0.15) is 0 Å². The lowest BCUT2D eigenvalue weighted by molar-refractivity contribution is 0.0368. The van der Waals surface area contributed by atoms with E-state index in [0.29, 0.717) is 12.8 Å². The summed E-state index contributed by atoms with van der Waals surface area (Å²) in [6.07, 6.45) is -0.941. The van der Waals surface area contributed by atoms with Gasteiger partial charge in [0, 0.05) is 12.8 Å². The molecule has 0 aliphatic rings. The Labute approximate surface area is 83.6 Å². The van der Waals surface area contributed by atoms with Crippen LogP contribution in [0, 0.1) is 0 Å². The monoisotopic (exact) mass is 206 g/mol. The number of hydrogen-bond acceptors (Lipinski definition) is 5. The Morgan fingerprint density at radius 1 is 1.07 bits per heavy atom. The molecule has 0 aromatic heterocycles. The molecular formula is C9H18O5. The Hall–Kier alpha value is -0.810. The number of aliphatic hydroxyl groups is 2. The Kier molecular flexibility index (Phi) is 7.14. The summed E-state index contributed by atoms with van der Waals surface area (Å²) in [5, 5.41) is 17.7. The van der Waals surface area contributed by atoms with Crippen LogP contribution < -0.4 is 0 Å². The van der Waals surface area contributed by atoms with E-state index in [-0.39, 0.29) is 13.2 Å². The van der Waals surface area contributed by atoms with Gasteiger partial charge in [0.25, 0.3) is 0 Å². The fourth-order valence-electron chi connectivity index (χ4n) is 0.667. The predicted octanol–water partition coefficient (Wildman–Crippen LogP) is 0.681. The number of carbonyl (C=O) groups is 1. The van der Waals surface area contributed by atoms with Crippen LogP contribution in [0.5, 0.6) is 0 Å². The first kappa shape index (κ1) is 13.2. The molecule has 2 unspecified atom stereocenters. The SMILES string of the molecule is CC(O)CCOC(=O)OCCC(C)O. The maximum absolute atomic E-state index is 10.8. The third-order valence-electron chi connectivity index (χ3n) is 1.51. The number of carbonyl (C=O) groups excluding carboxylic acids is 1. The predicted molar refractivity (Wildman–Crippen MR) is 49.9 cm³/mol. The van der Waals surface area contributed by atoms with Crippen molar-refractivity contribution in [3.8, 4) is 0 Å². The number of hydrogen-bond donors (Lipinski definition) is 2. The normalized spacial score (nSPS) is 14.6. The Morgan fingerprint density at radius 3 is 1.71 bits per heavy atom. The highest BCUT2D eigenvalue weighted by Gasteiger charge is 2.05. The van der Waals surface area contributed by atoms with Crippen molar-refractivity contribution >= 4 is 6.16 Å². The van der Waals surface area contributed by atoms with Crippen LogP contribution in [0.4, 0.5) is 4.79 Å². The second-order valence-corrected chi connectivity index (χ2v) is 3.22. The first-order valence-corrected chi connectivity index (χ1v) is 4.68. The highest BCUT2D eigenvalue weighted by Crippen LogP contribution is 1.95. The van der Waals surface area contributed by atoms with Crippen LogP contribution in [0.3, 0.4) is 0 Å². The standard InChI is InChI=1S/C9H18O5/c1-7(10)3-5-13-9(12)14-6-4-8(2)11/h7-8,10-11H,3-6H2,1-2H3. The van der Waals surface area contributed by atoms with E-state index in [4.69, 9.17) is 10.2 Å². The highest BCUT2D eigenvalue weighted by atomic mass is 16.7.